The maximum absolute atomic E-state index is 12.3. The van der Waals surface area contributed by atoms with Gasteiger partial charge < -0.3 is 5.11 Å². The third kappa shape index (κ3) is 3.05. The van der Waals surface area contributed by atoms with Gasteiger partial charge in [-0.25, -0.2) is 4.98 Å². The topological polar surface area (TPSA) is 89.3 Å². The van der Waals surface area contributed by atoms with Gasteiger partial charge in [0.15, 0.2) is 5.16 Å². The third-order valence-electron chi connectivity index (χ3n) is 2.52. The summed E-state index contributed by atoms with van der Waals surface area (Å²) < 4.78 is 1.08. The fourth-order valence-corrected chi connectivity index (χ4v) is 2.50. The molecule has 0 aliphatic rings. The Kier molecular flexibility index (Phi) is 4.19. The lowest BCUT2D eigenvalue weighted by molar-refractivity contribution is -0.137. The quantitative estimate of drug-likeness (QED) is 0.657. The molecule has 104 valence electrons. The number of rotatable bonds is 5. The Hall–Kier alpha value is -2.15. The standard InChI is InChI=1S/C13H12N2O4S/c1-8(16)7-20-13-14-10-5-3-2-4-9(10)12(19)15(13)6-11(17)18/h2-5H,6-7H2,1H3,(H,17,18). The van der Waals surface area contributed by atoms with Crippen LogP contribution < -0.4 is 5.56 Å². The van der Waals surface area contributed by atoms with E-state index in [0.29, 0.717) is 10.9 Å². The average molecular weight is 292 g/mol. The normalized spacial score (nSPS) is 10.7. The summed E-state index contributed by atoms with van der Waals surface area (Å²) in [4.78, 5) is 38.5. The summed E-state index contributed by atoms with van der Waals surface area (Å²) in [5, 5.41) is 9.51. The van der Waals surface area contributed by atoms with Crippen molar-refractivity contribution in [3.8, 4) is 0 Å². The van der Waals surface area contributed by atoms with E-state index in [-0.39, 0.29) is 16.7 Å². The molecule has 0 amide bonds. The lowest BCUT2D eigenvalue weighted by Gasteiger charge is -2.10. The van der Waals surface area contributed by atoms with Crippen LogP contribution in [0.15, 0.2) is 34.2 Å². The first kappa shape index (κ1) is 14.3. The molecule has 0 saturated carbocycles. The summed E-state index contributed by atoms with van der Waals surface area (Å²) in [6, 6.07) is 6.72. The molecule has 0 atom stereocenters. The zero-order chi connectivity index (χ0) is 14.7. The molecule has 0 aliphatic heterocycles. The van der Waals surface area contributed by atoms with Crippen LogP contribution in [-0.2, 0) is 16.1 Å². The van der Waals surface area contributed by atoms with Crippen molar-refractivity contribution >= 4 is 34.4 Å². The van der Waals surface area contributed by atoms with Gasteiger partial charge in [0, 0.05) is 0 Å². The van der Waals surface area contributed by atoms with E-state index in [0.717, 1.165) is 16.3 Å². The predicted molar refractivity (Wildman–Crippen MR) is 75.0 cm³/mol. The number of ketones is 1. The molecule has 1 heterocycles. The van der Waals surface area contributed by atoms with Crippen LogP contribution in [0.2, 0.25) is 0 Å². The number of carboxylic acids is 1. The fourth-order valence-electron chi connectivity index (χ4n) is 1.70. The SMILES string of the molecule is CC(=O)CSc1nc2ccccc2c(=O)n1CC(=O)O. The van der Waals surface area contributed by atoms with Crippen molar-refractivity contribution in [1.29, 1.82) is 0 Å². The smallest absolute Gasteiger partial charge is 0.323 e. The average Bonchev–Trinajstić information content (AvgIpc) is 2.39. The van der Waals surface area contributed by atoms with Gasteiger partial charge in [0.05, 0.1) is 16.7 Å². The van der Waals surface area contributed by atoms with Crippen molar-refractivity contribution in [1.82, 2.24) is 9.55 Å². The molecule has 1 aromatic carbocycles. The number of para-hydroxylation sites is 1. The summed E-state index contributed by atoms with van der Waals surface area (Å²) in [7, 11) is 0. The molecule has 0 spiro atoms. The highest BCUT2D eigenvalue weighted by Gasteiger charge is 2.14. The number of carbonyl (C=O) groups is 2. The van der Waals surface area contributed by atoms with Gasteiger partial charge in [-0.1, -0.05) is 23.9 Å². The molecule has 6 nitrogen and oxygen atoms in total. The van der Waals surface area contributed by atoms with Crippen LogP contribution in [-0.4, -0.2) is 32.2 Å². The molecule has 0 bridgehead atoms. The van der Waals surface area contributed by atoms with E-state index in [1.807, 2.05) is 0 Å². The van der Waals surface area contributed by atoms with Gasteiger partial charge >= 0.3 is 5.97 Å². The molecule has 0 saturated heterocycles. The van der Waals surface area contributed by atoms with Gasteiger partial charge in [0.2, 0.25) is 0 Å². The van der Waals surface area contributed by atoms with E-state index in [9.17, 15) is 14.4 Å². The lowest BCUT2D eigenvalue weighted by Crippen LogP contribution is -2.27. The van der Waals surface area contributed by atoms with Crippen LogP contribution >= 0.6 is 11.8 Å². The number of benzene rings is 1. The lowest BCUT2D eigenvalue weighted by atomic mass is 10.2. The Balaban J connectivity index is 2.59. The minimum absolute atomic E-state index is 0.0701. The van der Waals surface area contributed by atoms with E-state index in [1.165, 1.54) is 6.92 Å². The van der Waals surface area contributed by atoms with E-state index in [1.54, 1.807) is 24.3 Å². The summed E-state index contributed by atoms with van der Waals surface area (Å²) in [6.45, 7) is 0.949. The molecule has 1 N–H and O–H groups in total. The van der Waals surface area contributed by atoms with Gasteiger partial charge in [-0.05, 0) is 19.1 Å². The number of carbonyl (C=O) groups excluding carboxylic acids is 1. The highest BCUT2D eigenvalue weighted by Crippen LogP contribution is 2.17. The first-order chi connectivity index (χ1) is 9.49. The number of nitrogens with zero attached hydrogens (tertiary/aromatic N) is 2. The first-order valence-electron chi connectivity index (χ1n) is 5.82. The summed E-state index contributed by atoms with van der Waals surface area (Å²) in [5.41, 5.74) is 0.0780. The zero-order valence-electron chi connectivity index (χ0n) is 10.7. The zero-order valence-corrected chi connectivity index (χ0v) is 11.5. The van der Waals surface area contributed by atoms with Crippen molar-refractivity contribution in [3.05, 3.63) is 34.6 Å². The Morgan fingerprint density at radius 2 is 2.05 bits per heavy atom. The number of thioether (sulfide) groups is 1. The van der Waals surface area contributed by atoms with Crippen LogP contribution in [0.5, 0.6) is 0 Å². The van der Waals surface area contributed by atoms with Crippen LogP contribution in [0.3, 0.4) is 0 Å². The number of aromatic nitrogens is 2. The van der Waals surface area contributed by atoms with Crippen molar-refractivity contribution in [3.63, 3.8) is 0 Å². The second kappa shape index (κ2) is 5.87. The monoisotopic (exact) mass is 292 g/mol. The first-order valence-corrected chi connectivity index (χ1v) is 6.81. The molecule has 20 heavy (non-hydrogen) atoms. The van der Waals surface area contributed by atoms with Gasteiger partial charge in [0.25, 0.3) is 5.56 Å². The molecule has 0 radical (unpaired) electrons. The van der Waals surface area contributed by atoms with E-state index in [4.69, 9.17) is 5.11 Å². The fraction of sp³-hybridized carbons (Fsp3) is 0.231. The van der Waals surface area contributed by atoms with Gasteiger partial charge in [-0.3, -0.25) is 19.0 Å². The van der Waals surface area contributed by atoms with Crippen LogP contribution in [0.25, 0.3) is 10.9 Å². The minimum atomic E-state index is -1.13. The van der Waals surface area contributed by atoms with Crippen molar-refractivity contribution in [2.24, 2.45) is 0 Å². The number of Topliss-reactive ketones (excluding diaryl/α,β-unsaturated/α-hetero) is 1. The van der Waals surface area contributed by atoms with E-state index < -0.39 is 18.1 Å². The van der Waals surface area contributed by atoms with Crippen molar-refractivity contribution in [2.75, 3.05) is 5.75 Å². The van der Waals surface area contributed by atoms with Crippen LogP contribution in [0.4, 0.5) is 0 Å². The van der Waals surface area contributed by atoms with Crippen LogP contribution in [0, 0.1) is 0 Å². The van der Waals surface area contributed by atoms with Gasteiger partial charge in [0.1, 0.15) is 12.3 Å². The Bertz CT molecular complexity index is 739. The molecule has 0 unspecified atom stereocenters. The molecule has 7 heteroatoms. The number of fused-ring (bicyclic) bond motifs is 1. The largest absolute Gasteiger partial charge is 0.480 e. The van der Waals surface area contributed by atoms with Gasteiger partial charge in [-0.2, -0.15) is 0 Å². The number of carboxylic acid groups (broad SMARTS) is 1. The molecule has 2 rings (SSSR count). The highest BCUT2D eigenvalue weighted by molar-refractivity contribution is 7.99. The number of aliphatic carboxylic acids is 1. The molecular weight excluding hydrogens is 280 g/mol. The Labute approximate surface area is 118 Å². The molecule has 0 aliphatic carbocycles. The predicted octanol–water partition coefficient (Wildman–Crippen LogP) is 1.16. The second-order valence-corrected chi connectivity index (χ2v) is 5.13. The molecule has 2 aromatic rings. The van der Waals surface area contributed by atoms with Crippen LogP contribution in [0.1, 0.15) is 6.92 Å². The van der Waals surface area contributed by atoms with E-state index >= 15 is 0 Å². The molecule has 0 fully saturated rings. The van der Waals surface area contributed by atoms with Crippen molar-refractivity contribution < 1.29 is 14.7 Å². The second-order valence-electron chi connectivity index (χ2n) is 4.19. The molecular formula is C13H12N2O4S. The Morgan fingerprint density at radius 1 is 1.35 bits per heavy atom. The third-order valence-corrected chi connectivity index (χ3v) is 3.65. The highest BCUT2D eigenvalue weighted by atomic mass is 32.2. The maximum Gasteiger partial charge on any atom is 0.323 e. The minimum Gasteiger partial charge on any atom is -0.480 e. The summed E-state index contributed by atoms with van der Waals surface area (Å²) >= 11 is 1.07. The number of hydrogen-bond acceptors (Lipinski definition) is 5. The van der Waals surface area contributed by atoms with Gasteiger partial charge in [-0.15, -0.1) is 0 Å². The summed E-state index contributed by atoms with van der Waals surface area (Å²) in [5.74, 6) is -1.06. The molecule has 1 aromatic heterocycles. The Morgan fingerprint density at radius 3 is 2.70 bits per heavy atom. The summed E-state index contributed by atoms with van der Waals surface area (Å²) in [6.07, 6.45) is 0. The number of hydrogen-bond donors (Lipinski definition) is 1. The van der Waals surface area contributed by atoms with E-state index in [2.05, 4.69) is 4.98 Å². The maximum atomic E-state index is 12.3. The van der Waals surface area contributed by atoms with Crippen molar-refractivity contribution in [2.45, 2.75) is 18.6 Å².